The topological polar surface area (TPSA) is 61.4 Å². The Kier molecular flexibility index (Phi) is 8.09. The van der Waals surface area contributed by atoms with Gasteiger partial charge in [0.1, 0.15) is 0 Å². The molecule has 2 amide bonds. The average Bonchev–Trinajstić information content (AvgIpc) is 3.01. The highest BCUT2D eigenvalue weighted by atomic mass is 16.2. The Morgan fingerprint density at radius 3 is 2.57 bits per heavy atom. The fourth-order valence-corrected chi connectivity index (χ4v) is 3.97. The Labute approximate surface area is 168 Å². The second-order valence-electron chi connectivity index (χ2n) is 7.87. The SMILES string of the molecule is O=C(CNCCC1=CCCCC1)Nc1cccc(C(=O)N2CCCCCC2)c1. The van der Waals surface area contributed by atoms with Crippen LogP contribution in [0.5, 0.6) is 0 Å². The predicted molar refractivity (Wildman–Crippen MR) is 113 cm³/mol. The van der Waals surface area contributed by atoms with Crippen molar-refractivity contribution in [2.75, 3.05) is 31.5 Å². The zero-order valence-corrected chi connectivity index (χ0v) is 16.8. The lowest BCUT2D eigenvalue weighted by Crippen LogP contribution is -2.32. The highest BCUT2D eigenvalue weighted by molar-refractivity contribution is 5.97. The summed E-state index contributed by atoms with van der Waals surface area (Å²) in [6.07, 6.45) is 12.9. The summed E-state index contributed by atoms with van der Waals surface area (Å²) in [5.41, 5.74) is 2.85. The van der Waals surface area contributed by atoms with Crippen LogP contribution < -0.4 is 10.6 Å². The van der Waals surface area contributed by atoms with Crippen LogP contribution in [0.25, 0.3) is 0 Å². The van der Waals surface area contributed by atoms with Gasteiger partial charge in [0, 0.05) is 24.3 Å². The van der Waals surface area contributed by atoms with Gasteiger partial charge in [-0.25, -0.2) is 0 Å². The van der Waals surface area contributed by atoms with E-state index in [1.54, 1.807) is 6.07 Å². The van der Waals surface area contributed by atoms with Gasteiger partial charge in [-0.3, -0.25) is 9.59 Å². The van der Waals surface area contributed by atoms with E-state index in [1.165, 1.54) is 44.1 Å². The molecule has 0 saturated carbocycles. The average molecular weight is 384 g/mol. The number of carbonyl (C=O) groups excluding carboxylic acids is 2. The number of hydrogen-bond acceptors (Lipinski definition) is 3. The van der Waals surface area contributed by atoms with Crippen LogP contribution in [0.2, 0.25) is 0 Å². The van der Waals surface area contributed by atoms with Gasteiger partial charge in [-0.2, -0.15) is 0 Å². The quantitative estimate of drug-likeness (QED) is 0.550. The van der Waals surface area contributed by atoms with Gasteiger partial charge in [-0.05, 0) is 69.7 Å². The van der Waals surface area contributed by atoms with Crippen molar-refractivity contribution in [1.82, 2.24) is 10.2 Å². The van der Waals surface area contributed by atoms with Gasteiger partial charge >= 0.3 is 0 Å². The van der Waals surface area contributed by atoms with Crippen LogP contribution in [0.3, 0.4) is 0 Å². The van der Waals surface area contributed by atoms with Gasteiger partial charge in [-0.15, -0.1) is 0 Å². The van der Waals surface area contributed by atoms with E-state index in [0.29, 0.717) is 11.3 Å². The Bertz CT molecular complexity index is 691. The van der Waals surface area contributed by atoms with Crippen molar-refractivity contribution in [3.05, 3.63) is 41.5 Å². The molecule has 1 aliphatic carbocycles. The van der Waals surface area contributed by atoms with E-state index >= 15 is 0 Å². The maximum atomic E-state index is 12.7. The molecule has 5 nitrogen and oxygen atoms in total. The van der Waals surface area contributed by atoms with Crippen molar-refractivity contribution in [3.63, 3.8) is 0 Å². The van der Waals surface area contributed by atoms with Crippen LogP contribution in [-0.4, -0.2) is 42.9 Å². The van der Waals surface area contributed by atoms with Crippen molar-refractivity contribution < 1.29 is 9.59 Å². The number of allylic oxidation sites excluding steroid dienone is 1. The number of benzene rings is 1. The Hall–Kier alpha value is -2.14. The molecule has 2 N–H and O–H groups in total. The van der Waals surface area contributed by atoms with Crippen LogP contribution >= 0.6 is 0 Å². The van der Waals surface area contributed by atoms with Gasteiger partial charge < -0.3 is 15.5 Å². The number of nitrogens with one attached hydrogen (secondary N) is 2. The van der Waals surface area contributed by atoms with Crippen LogP contribution in [0.4, 0.5) is 5.69 Å². The third-order valence-electron chi connectivity index (χ3n) is 5.58. The summed E-state index contributed by atoms with van der Waals surface area (Å²) in [6, 6.07) is 7.30. The minimum Gasteiger partial charge on any atom is -0.339 e. The fourth-order valence-electron chi connectivity index (χ4n) is 3.97. The minimum absolute atomic E-state index is 0.0666. The van der Waals surface area contributed by atoms with Crippen LogP contribution in [0, 0.1) is 0 Å². The lowest BCUT2D eigenvalue weighted by atomic mass is 9.97. The smallest absolute Gasteiger partial charge is 0.253 e. The second-order valence-corrected chi connectivity index (χ2v) is 7.87. The van der Waals surface area contributed by atoms with E-state index < -0.39 is 0 Å². The number of nitrogens with zero attached hydrogens (tertiary/aromatic N) is 1. The van der Waals surface area contributed by atoms with Crippen molar-refractivity contribution in [2.24, 2.45) is 0 Å². The summed E-state index contributed by atoms with van der Waals surface area (Å²) in [5.74, 6) is -0.00567. The lowest BCUT2D eigenvalue weighted by Gasteiger charge is -2.20. The normalized spacial score (nSPS) is 17.6. The number of amides is 2. The number of hydrogen-bond donors (Lipinski definition) is 2. The highest BCUT2D eigenvalue weighted by Gasteiger charge is 2.17. The first kappa shape index (κ1) is 20.6. The van der Waals surface area contributed by atoms with E-state index in [4.69, 9.17) is 0 Å². The molecule has 5 heteroatoms. The molecule has 0 unspecified atom stereocenters. The molecule has 1 aliphatic heterocycles. The largest absolute Gasteiger partial charge is 0.339 e. The Balaban J connectivity index is 1.44. The van der Waals surface area contributed by atoms with Crippen LogP contribution in [-0.2, 0) is 4.79 Å². The minimum atomic E-state index is -0.0722. The van der Waals surface area contributed by atoms with Gasteiger partial charge in [0.25, 0.3) is 5.91 Å². The summed E-state index contributed by atoms with van der Waals surface area (Å²) in [6.45, 7) is 2.77. The third-order valence-corrected chi connectivity index (χ3v) is 5.58. The first-order valence-corrected chi connectivity index (χ1v) is 10.8. The summed E-state index contributed by atoms with van der Waals surface area (Å²) in [7, 11) is 0. The summed E-state index contributed by atoms with van der Waals surface area (Å²) in [5, 5.41) is 6.12. The van der Waals surface area contributed by atoms with E-state index in [-0.39, 0.29) is 18.4 Å². The fraction of sp³-hybridized carbons (Fsp3) is 0.565. The molecule has 0 bridgehead atoms. The third kappa shape index (κ3) is 6.48. The molecule has 1 heterocycles. The molecule has 3 rings (SSSR count). The van der Waals surface area contributed by atoms with Gasteiger partial charge in [0.2, 0.25) is 5.91 Å². The van der Waals surface area contributed by atoms with E-state index in [0.717, 1.165) is 38.9 Å². The second kappa shape index (κ2) is 11.0. The maximum absolute atomic E-state index is 12.7. The first-order valence-electron chi connectivity index (χ1n) is 10.8. The molecule has 0 aromatic heterocycles. The zero-order chi connectivity index (χ0) is 19.6. The number of anilines is 1. The molecule has 0 atom stereocenters. The van der Waals surface area contributed by atoms with Crippen molar-refractivity contribution in [3.8, 4) is 0 Å². The number of rotatable bonds is 7. The molecule has 152 valence electrons. The van der Waals surface area contributed by atoms with E-state index in [9.17, 15) is 9.59 Å². The van der Waals surface area contributed by atoms with E-state index in [1.807, 2.05) is 23.1 Å². The van der Waals surface area contributed by atoms with Crippen molar-refractivity contribution in [2.45, 2.75) is 57.8 Å². The number of likely N-dealkylation sites (tertiary alicyclic amines) is 1. The molecule has 1 fully saturated rings. The molecule has 0 spiro atoms. The van der Waals surface area contributed by atoms with Crippen LogP contribution in [0.1, 0.15) is 68.1 Å². The first-order chi connectivity index (χ1) is 13.7. The molecule has 0 radical (unpaired) electrons. The van der Waals surface area contributed by atoms with E-state index in [2.05, 4.69) is 16.7 Å². The van der Waals surface area contributed by atoms with Crippen LogP contribution in [0.15, 0.2) is 35.9 Å². The number of carbonyl (C=O) groups is 2. The standard InChI is InChI=1S/C23H33N3O2/c27-22(18-24-14-13-19-9-4-3-5-10-19)25-21-12-8-11-20(17-21)23(28)26-15-6-1-2-7-16-26/h8-9,11-12,17,24H,1-7,10,13-16,18H2,(H,25,27). The highest BCUT2D eigenvalue weighted by Crippen LogP contribution is 2.19. The Morgan fingerprint density at radius 1 is 1.00 bits per heavy atom. The summed E-state index contributed by atoms with van der Waals surface area (Å²) < 4.78 is 0. The molecule has 1 aromatic rings. The molecular weight excluding hydrogens is 350 g/mol. The maximum Gasteiger partial charge on any atom is 0.253 e. The van der Waals surface area contributed by atoms with Gasteiger partial charge in [0.15, 0.2) is 0 Å². The van der Waals surface area contributed by atoms with Crippen molar-refractivity contribution >= 4 is 17.5 Å². The molecule has 28 heavy (non-hydrogen) atoms. The van der Waals surface area contributed by atoms with Gasteiger partial charge in [0.05, 0.1) is 6.54 Å². The summed E-state index contributed by atoms with van der Waals surface area (Å²) >= 11 is 0. The van der Waals surface area contributed by atoms with Gasteiger partial charge in [-0.1, -0.05) is 30.6 Å². The Morgan fingerprint density at radius 2 is 1.82 bits per heavy atom. The molecule has 1 aromatic carbocycles. The monoisotopic (exact) mass is 383 g/mol. The zero-order valence-electron chi connectivity index (χ0n) is 16.8. The molecule has 1 saturated heterocycles. The van der Waals surface area contributed by atoms with Crippen molar-refractivity contribution in [1.29, 1.82) is 0 Å². The molecular formula is C23H33N3O2. The predicted octanol–water partition coefficient (Wildman–Crippen LogP) is 4.12. The summed E-state index contributed by atoms with van der Waals surface area (Å²) in [4.78, 5) is 26.9. The lowest BCUT2D eigenvalue weighted by molar-refractivity contribution is -0.115. The molecule has 2 aliphatic rings.